The molecule has 0 amide bonds. The van der Waals surface area contributed by atoms with E-state index >= 15 is 0 Å². The highest BCUT2D eigenvalue weighted by molar-refractivity contribution is 5.95. The molecule has 0 fully saturated rings. The normalized spacial score (nSPS) is 10.3. The molecule has 3 aromatic rings. The van der Waals surface area contributed by atoms with Crippen LogP contribution in [0.1, 0.15) is 28.4 Å². The molecule has 0 spiro atoms. The van der Waals surface area contributed by atoms with Crippen molar-refractivity contribution in [3.8, 4) is 0 Å². The van der Waals surface area contributed by atoms with Crippen LogP contribution in [0.25, 0.3) is 0 Å². The summed E-state index contributed by atoms with van der Waals surface area (Å²) in [5.41, 5.74) is 3.86. The van der Waals surface area contributed by atoms with Crippen LogP contribution < -0.4 is 10.6 Å². The van der Waals surface area contributed by atoms with E-state index in [1.54, 1.807) is 25.3 Å². The Labute approximate surface area is 147 Å². The van der Waals surface area contributed by atoms with Gasteiger partial charge in [-0.25, -0.2) is 4.98 Å². The summed E-state index contributed by atoms with van der Waals surface area (Å²) in [7, 11) is 0. The van der Waals surface area contributed by atoms with Crippen LogP contribution >= 0.6 is 0 Å². The Balaban J connectivity index is 1.68. The minimum atomic E-state index is 0.0260. The Morgan fingerprint density at radius 2 is 1.88 bits per heavy atom. The molecule has 1 aromatic heterocycles. The van der Waals surface area contributed by atoms with Crippen LogP contribution in [0.4, 0.5) is 17.5 Å². The number of nitrogens with one attached hydrogen (secondary N) is 2. The van der Waals surface area contributed by atoms with Gasteiger partial charge in [0.1, 0.15) is 5.82 Å². The summed E-state index contributed by atoms with van der Waals surface area (Å²) in [5, 5.41) is 6.42. The minimum absolute atomic E-state index is 0.0260. The zero-order chi connectivity index (χ0) is 17.6. The molecular formula is C20H20N4O. The first kappa shape index (κ1) is 16.6. The number of carbonyl (C=O) groups is 1. The lowest BCUT2D eigenvalue weighted by Crippen LogP contribution is -2.04. The number of hydrogen-bond donors (Lipinski definition) is 2. The van der Waals surface area contributed by atoms with Crippen molar-refractivity contribution in [2.75, 3.05) is 10.6 Å². The maximum Gasteiger partial charge on any atom is 0.229 e. The van der Waals surface area contributed by atoms with Crippen LogP contribution in [0.2, 0.25) is 0 Å². The molecule has 0 bridgehead atoms. The van der Waals surface area contributed by atoms with Crippen LogP contribution in [-0.2, 0) is 6.54 Å². The van der Waals surface area contributed by atoms with Crippen molar-refractivity contribution in [3.05, 3.63) is 77.5 Å². The van der Waals surface area contributed by atoms with Crippen LogP contribution in [-0.4, -0.2) is 15.8 Å². The number of Topliss-reactive ketones (excluding diaryl/α,β-unsaturated/α-hetero) is 1. The first-order valence-electron chi connectivity index (χ1n) is 8.10. The monoisotopic (exact) mass is 332 g/mol. The van der Waals surface area contributed by atoms with Crippen molar-refractivity contribution in [1.82, 2.24) is 9.97 Å². The lowest BCUT2D eigenvalue weighted by Gasteiger charge is -2.09. The van der Waals surface area contributed by atoms with E-state index in [9.17, 15) is 4.79 Å². The number of anilines is 3. The highest BCUT2D eigenvalue weighted by Crippen LogP contribution is 2.16. The van der Waals surface area contributed by atoms with E-state index in [2.05, 4.69) is 51.8 Å². The fourth-order valence-corrected chi connectivity index (χ4v) is 2.36. The topological polar surface area (TPSA) is 66.9 Å². The second-order valence-electron chi connectivity index (χ2n) is 5.87. The predicted molar refractivity (Wildman–Crippen MR) is 100 cm³/mol. The zero-order valence-electron chi connectivity index (χ0n) is 14.3. The molecule has 1 heterocycles. The quantitative estimate of drug-likeness (QED) is 0.657. The van der Waals surface area contributed by atoms with Gasteiger partial charge in [-0.05, 0) is 37.6 Å². The number of carbonyl (C=O) groups excluding carboxylic acids is 1. The number of benzene rings is 2. The van der Waals surface area contributed by atoms with Crippen molar-refractivity contribution in [2.45, 2.75) is 20.4 Å². The first-order valence-corrected chi connectivity index (χ1v) is 8.10. The van der Waals surface area contributed by atoms with Crippen LogP contribution in [0.5, 0.6) is 0 Å². The minimum Gasteiger partial charge on any atom is -0.366 e. The standard InChI is InChI=1S/C20H20N4O/c1-14-6-8-16(9-7-14)13-22-19-10-11-21-20(24-19)23-18-5-3-4-17(12-18)15(2)25/h3-12H,13H2,1-2H3,(H2,21,22,23,24). The van der Waals surface area contributed by atoms with Crippen molar-refractivity contribution in [1.29, 1.82) is 0 Å². The fraction of sp³-hybridized carbons (Fsp3) is 0.150. The van der Waals surface area contributed by atoms with Gasteiger partial charge in [-0.1, -0.05) is 42.0 Å². The Bertz CT molecular complexity index is 875. The number of rotatable bonds is 6. The van der Waals surface area contributed by atoms with E-state index in [4.69, 9.17) is 0 Å². The Morgan fingerprint density at radius 1 is 1.08 bits per heavy atom. The molecule has 2 N–H and O–H groups in total. The van der Waals surface area contributed by atoms with E-state index in [1.807, 2.05) is 18.2 Å². The third kappa shape index (κ3) is 4.64. The van der Waals surface area contributed by atoms with E-state index in [0.717, 1.165) is 11.5 Å². The summed E-state index contributed by atoms with van der Waals surface area (Å²) in [5.74, 6) is 1.24. The third-order valence-electron chi connectivity index (χ3n) is 3.78. The van der Waals surface area contributed by atoms with Gasteiger partial charge in [-0.15, -0.1) is 0 Å². The summed E-state index contributed by atoms with van der Waals surface area (Å²) in [6, 6.07) is 17.5. The van der Waals surface area contributed by atoms with Crippen LogP contribution in [0.15, 0.2) is 60.8 Å². The van der Waals surface area contributed by atoms with Gasteiger partial charge in [0.25, 0.3) is 0 Å². The highest BCUT2D eigenvalue weighted by atomic mass is 16.1. The van der Waals surface area contributed by atoms with Gasteiger partial charge < -0.3 is 10.6 Å². The van der Waals surface area contributed by atoms with Gasteiger partial charge in [0.05, 0.1) is 0 Å². The summed E-state index contributed by atoms with van der Waals surface area (Å²) in [4.78, 5) is 20.2. The summed E-state index contributed by atoms with van der Waals surface area (Å²) in [6.07, 6.45) is 1.70. The smallest absolute Gasteiger partial charge is 0.229 e. The number of nitrogens with zero attached hydrogens (tertiary/aromatic N) is 2. The molecule has 0 atom stereocenters. The van der Waals surface area contributed by atoms with Crippen molar-refractivity contribution in [2.24, 2.45) is 0 Å². The lowest BCUT2D eigenvalue weighted by atomic mass is 10.1. The Kier molecular flexibility index (Phi) is 5.04. The van der Waals surface area contributed by atoms with Crippen molar-refractivity contribution >= 4 is 23.2 Å². The summed E-state index contributed by atoms with van der Waals surface area (Å²) >= 11 is 0. The van der Waals surface area contributed by atoms with Gasteiger partial charge in [0.15, 0.2) is 5.78 Å². The number of aryl methyl sites for hydroxylation is 1. The van der Waals surface area contributed by atoms with Gasteiger partial charge in [0, 0.05) is 24.0 Å². The summed E-state index contributed by atoms with van der Waals surface area (Å²) in [6.45, 7) is 4.31. The zero-order valence-corrected chi connectivity index (χ0v) is 14.3. The van der Waals surface area contributed by atoms with E-state index in [1.165, 1.54) is 11.1 Å². The molecule has 2 aromatic carbocycles. The molecule has 0 saturated heterocycles. The van der Waals surface area contributed by atoms with Gasteiger partial charge in [-0.2, -0.15) is 4.98 Å². The Morgan fingerprint density at radius 3 is 2.64 bits per heavy atom. The van der Waals surface area contributed by atoms with E-state index in [-0.39, 0.29) is 5.78 Å². The number of aromatic nitrogens is 2. The molecule has 3 rings (SSSR count). The Hall–Kier alpha value is -3.21. The second-order valence-corrected chi connectivity index (χ2v) is 5.87. The first-order chi connectivity index (χ1) is 12.1. The van der Waals surface area contributed by atoms with Crippen LogP contribution in [0, 0.1) is 6.92 Å². The molecule has 5 heteroatoms. The molecule has 0 radical (unpaired) electrons. The van der Waals surface area contributed by atoms with Crippen molar-refractivity contribution in [3.63, 3.8) is 0 Å². The lowest BCUT2D eigenvalue weighted by molar-refractivity contribution is 0.101. The van der Waals surface area contributed by atoms with E-state index < -0.39 is 0 Å². The molecule has 5 nitrogen and oxygen atoms in total. The molecule has 0 aliphatic heterocycles. The second kappa shape index (κ2) is 7.57. The fourth-order valence-electron chi connectivity index (χ4n) is 2.36. The largest absolute Gasteiger partial charge is 0.366 e. The molecule has 0 aliphatic carbocycles. The van der Waals surface area contributed by atoms with Gasteiger partial charge >= 0.3 is 0 Å². The third-order valence-corrected chi connectivity index (χ3v) is 3.78. The maximum atomic E-state index is 11.5. The molecule has 126 valence electrons. The van der Waals surface area contributed by atoms with Gasteiger partial charge in [0.2, 0.25) is 5.95 Å². The maximum absolute atomic E-state index is 11.5. The molecule has 0 aliphatic rings. The SMILES string of the molecule is CC(=O)c1cccc(Nc2nccc(NCc3ccc(C)cc3)n2)c1. The van der Waals surface area contributed by atoms with Crippen LogP contribution in [0.3, 0.4) is 0 Å². The van der Waals surface area contributed by atoms with E-state index in [0.29, 0.717) is 18.1 Å². The average molecular weight is 332 g/mol. The molecule has 0 unspecified atom stereocenters. The molecular weight excluding hydrogens is 312 g/mol. The average Bonchev–Trinajstić information content (AvgIpc) is 2.62. The number of hydrogen-bond acceptors (Lipinski definition) is 5. The summed E-state index contributed by atoms with van der Waals surface area (Å²) < 4.78 is 0. The van der Waals surface area contributed by atoms with Crippen molar-refractivity contribution < 1.29 is 4.79 Å². The highest BCUT2D eigenvalue weighted by Gasteiger charge is 2.03. The molecule has 25 heavy (non-hydrogen) atoms. The van der Waals surface area contributed by atoms with Gasteiger partial charge in [-0.3, -0.25) is 4.79 Å². The predicted octanol–water partition coefficient (Wildman–Crippen LogP) is 4.34. The molecule has 0 saturated carbocycles. The number of ketones is 1.